The van der Waals surface area contributed by atoms with Crippen molar-refractivity contribution < 1.29 is 19.5 Å². The first kappa shape index (κ1) is 11.7. The zero-order valence-corrected chi connectivity index (χ0v) is 9.11. The summed E-state index contributed by atoms with van der Waals surface area (Å²) in [5, 5.41) is 8.89. The van der Waals surface area contributed by atoms with Crippen molar-refractivity contribution in [2.75, 3.05) is 0 Å². The third kappa shape index (κ3) is 1.86. The van der Waals surface area contributed by atoms with Gasteiger partial charge in [0.25, 0.3) is 0 Å². The maximum absolute atomic E-state index is 11.8. The molecule has 0 aliphatic carbocycles. The molecule has 1 unspecified atom stereocenters. The fourth-order valence-corrected chi connectivity index (χ4v) is 1.76. The lowest BCUT2D eigenvalue weighted by Gasteiger charge is -2.23. The normalized spacial score (nSPS) is 21.9. The number of likely N-dealkylation sites (tertiary alicyclic amines) is 1. The minimum atomic E-state index is -1.13. The predicted octanol–water partition coefficient (Wildman–Crippen LogP) is 0.635. The van der Waals surface area contributed by atoms with Crippen molar-refractivity contribution in [3.63, 3.8) is 0 Å². The van der Waals surface area contributed by atoms with Gasteiger partial charge in [-0.2, -0.15) is 0 Å². The van der Waals surface area contributed by atoms with Crippen LogP contribution in [-0.4, -0.2) is 33.8 Å². The van der Waals surface area contributed by atoms with Crippen molar-refractivity contribution in [2.24, 2.45) is 5.41 Å². The van der Waals surface area contributed by atoms with E-state index < -0.39 is 17.4 Å². The first-order chi connectivity index (χ1) is 6.81. The standard InChI is InChI=1S/C10H15NO4/c1-4-6(8(13)14)11-7(12)5-10(2,3)9(11)15/h6H,4-5H2,1-3H3,(H,13,14). The predicted molar refractivity (Wildman–Crippen MR) is 52.0 cm³/mol. The largest absolute Gasteiger partial charge is 0.480 e. The number of amides is 2. The molecule has 2 amide bonds. The number of aliphatic carboxylic acids is 1. The monoisotopic (exact) mass is 213 g/mol. The van der Waals surface area contributed by atoms with Gasteiger partial charge >= 0.3 is 5.97 Å². The maximum atomic E-state index is 11.8. The molecule has 0 saturated carbocycles. The molecule has 84 valence electrons. The number of imide groups is 1. The molecule has 15 heavy (non-hydrogen) atoms. The van der Waals surface area contributed by atoms with E-state index in [0.717, 1.165) is 4.90 Å². The third-order valence-corrected chi connectivity index (χ3v) is 2.64. The molecule has 0 bridgehead atoms. The lowest BCUT2D eigenvalue weighted by molar-refractivity contribution is -0.155. The minimum Gasteiger partial charge on any atom is -0.480 e. The van der Waals surface area contributed by atoms with E-state index in [1.165, 1.54) is 0 Å². The summed E-state index contributed by atoms with van der Waals surface area (Å²) in [4.78, 5) is 35.1. The first-order valence-corrected chi connectivity index (χ1v) is 4.90. The van der Waals surface area contributed by atoms with E-state index in [1.807, 2.05) is 0 Å². The number of carbonyl (C=O) groups is 3. The second-order valence-corrected chi connectivity index (χ2v) is 4.39. The summed E-state index contributed by atoms with van der Waals surface area (Å²) in [6, 6.07) is -1.02. The maximum Gasteiger partial charge on any atom is 0.326 e. The van der Waals surface area contributed by atoms with Gasteiger partial charge in [0.15, 0.2) is 0 Å². The summed E-state index contributed by atoms with van der Waals surface area (Å²) >= 11 is 0. The van der Waals surface area contributed by atoms with Crippen LogP contribution in [-0.2, 0) is 14.4 Å². The van der Waals surface area contributed by atoms with Gasteiger partial charge in [0.1, 0.15) is 6.04 Å². The second kappa shape index (κ2) is 3.64. The van der Waals surface area contributed by atoms with Crippen LogP contribution in [0.5, 0.6) is 0 Å². The van der Waals surface area contributed by atoms with Crippen molar-refractivity contribution in [2.45, 2.75) is 39.7 Å². The van der Waals surface area contributed by atoms with E-state index in [9.17, 15) is 14.4 Å². The van der Waals surface area contributed by atoms with Crippen LogP contribution in [0, 0.1) is 5.41 Å². The first-order valence-electron chi connectivity index (χ1n) is 4.90. The van der Waals surface area contributed by atoms with E-state index in [-0.39, 0.29) is 24.7 Å². The smallest absolute Gasteiger partial charge is 0.326 e. The Bertz CT molecular complexity index is 321. The van der Waals surface area contributed by atoms with Gasteiger partial charge in [-0.25, -0.2) is 4.79 Å². The molecule has 1 aliphatic rings. The Morgan fingerprint density at radius 2 is 2.07 bits per heavy atom. The summed E-state index contributed by atoms with van der Waals surface area (Å²) in [7, 11) is 0. The quantitative estimate of drug-likeness (QED) is 0.698. The van der Waals surface area contributed by atoms with Crippen LogP contribution in [0.3, 0.4) is 0 Å². The number of rotatable bonds is 3. The number of nitrogens with zero attached hydrogens (tertiary/aromatic N) is 1. The Labute approximate surface area is 88.1 Å². The van der Waals surface area contributed by atoms with Crippen molar-refractivity contribution in [3.05, 3.63) is 0 Å². The molecule has 1 heterocycles. The van der Waals surface area contributed by atoms with Crippen molar-refractivity contribution in [3.8, 4) is 0 Å². The second-order valence-electron chi connectivity index (χ2n) is 4.39. The lowest BCUT2D eigenvalue weighted by Crippen LogP contribution is -2.45. The van der Waals surface area contributed by atoms with Crippen LogP contribution in [0.15, 0.2) is 0 Å². The average molecular weight is 213 g/mol. The number of carboxylic acids is 1. The Morgan fingerprint density at radius 1 is 1.53 bits per heavy atom. The van der Waals surface area contributed by atoms with Crippen LogP contribution >= 0.6 is 0 Å². The fourth-order valence-electron chi connectivity index (χ4n) is 1.76. The summed E-state index contributed by atoms with van der Waals surface area (Å²) in [6.45, 7) is 4.95. The topological polar surface area (TPSA) is 74.7 Å². The van der Waals surface area contributed by atoms with Gasteiger partial charge in [0.2, 0.25) is 11.8 Å². The molecule has 0 radical (unpaired) electrons. The zero-order chi connectivity index (χ0) is 11.8. The number of hydrogen-bond acceptors (Lipinski definition) is 3. The Hall–Kier alpha value is -1.39. The average Bonchev–Trinajstić information content (AvgIpc) is 2.28. The van der Waals surface area contributed by atoms with Gasteiger partial charge in [-0.1, -0.05) is 20.8 Å². The highest BCUT2D eigenvalue weighted by Gasteiger charge is 2.48. The summed E-state index contributed by atoms with van der Waals surface area (Å²) in [5.74, 6) is -1.90. The Kier molecular flexibility index (Phi) is 2.83. The van der Waals surface area contributed by atoms with E-state index in [4.69, 9.17) is 5.11 Å². The van der Waals surface area contributed by atoms with Crippen LogP contribution < -0.4 is 0 Å². The summed E-state index contributed by atoms with van der Waals surface area (Å²) < 4.78 is 0. The van der Waals surface area contributed by atoms with Crippen LogP contribution in [0.25, 0.3) is 0 Å². The molecule has 1 aliphatic heterocycles. The van der Waals surface area contributed by atoms with E-state index >= 15 is 0 Å². The number of hydrogen-bond donors (Lipinski definition) is 1. The molecule has 0 aromatic carbocycles. The molecule has 5 heteroatoms. The molecule has 1 saturated heterocycles. The van der Waals surface area contributed by atoms with Crippen molar-refractivity contribution in [1.82, 2.24) is 4.90 Å². The van der Waals surface area contributed by atoms with E-state index in [2.05, 4.69) is 0 Å². The highest BCUT2D eigenvalue weighted by atomic mass is 16.4. The Balaban J connectivity index is 3.01. The lowest BCUT2D eigenvalue weighted by atomic mass is 9.92. The fraction of sp³-hybridized carbons (Fsp3) is 0.700. The van der Waals surface area contributed by atoms with Crippen molar-refractivity contribution in [1.29, 1.82) is 0 Å². The van der Waals surface area contributed by atoms with Gasteiger partial charge < -0.3 is 5.11 Å². The molecular weight excluding hydrogens is 198 g/mol. The van der Waals surface area contributed by atoms with E-state index in [0.29, 0.717) is 0 Å². The van der Waals surface area contributed by atoms with Gasteiger partial charge in [-0.05, 0) is 6.42 Å². The number of carbonyl (C=O) groups excluding carboxylic acids is 2. The third-order valence-electron chi connectivity index (χ3n) is 2.64. The van der Waals surface area contributed by atoms with Crippen LogP contribution in [0.1, 0.15) is 33.6 Å². The van der Waals surface area contributed by atoms with Gasteiger partial charge in [-0.15, -0.1) is 0 Å². The molecule has 1 fully saturated rings. The minimum absolute atomic E-state index is 0.0929. The highest BCUT2D eigenvalue weighted by molar-refractivity contribution is 6.07. The van der Waals surface area contributed by atoms with E-state index in [1.54, 1.807) is 20.8 Å². The Morgan fingerprint density at radius 3 is 2.33 bits per heavy atom. The molecule has 0 spiro atoms. The van der Waals surface area contributed by atoms with Gasteiger partial charge in [0, 0.05) is 6.42 Å². The molecule has 0 aromatic heterocycles. The van der Waals surface area contributed by atoms with Crippen LogP contribution in [0.2, 0.25) is 0 Å². The summed E-state index contributed by atoms with van der Waals surface area (Å²) in [6.07, 6.45) is 0.332. The molecule has 1 atom stereocenters. The highest BCUT2D eigenvalue weighted by Crippen LogP contribution is 2.33. The SMILES string of the molecule is CCC(C(=O)O)N1C(=O)CC(C)(C)C1=O. The van der Waals surface area contributed by atoms with Gasteiger partial charge in [-0.3, -0.25) is 14.5 Å². The van der Waals surface area contributed by atoms with Crippen molar-refractivity contribution >= 4 is 17.8 Å². The number of carboxylic acid groups (broad SMARTS) is 1. The molecule has 5 nitrogen and oxygen atoms in total. The molecule has 0 aromatic rings. The molecule has 1 N–H and O–H groups in total. The summed E-state index contributed by atoms with van der Waals surface area (Å²) in [5.41, 5.74) is -0.764. The van der Waals surface area contributed by atoms with Crippen LogP contribution in [0.4, 0.5) is 0 Å². The molecule has 1 rings (SSSR count). The zero-order valence-electron chi connectivity index (χ0n) is 9.11. The molecular formula is C10H15NO4. The van der Waals surface area contributed by atoms with Gasteiger partial charge in [0.05, 0.1) is 5.41 Å².